The highest BCUT2D eigenvalue weighted by Crippen LogP contribution is 2.20. The van der Waals surface area contributed by atoms with E-state index in [1.807, 2.05) is 7.05 Å². The van der Waals surface area contributed by atoms with E-state index in [2.05, 4.69) is 15.2 Å². The van der Waals surface area contributed by atoms with E-state index in [0.29, 0.717) is 5.56 Å². The molecule has 1 aromatic rings. The van der Waals surface area contributed by atoms with Gasteiger partial charge in [0.1, 0.15) is 5.56 Å². The molecule has 2 amide bonds. The molecule has 2 N–H and O–H groups in total. The van der Waals surface area contributed by atoms with E-state index in [1.165, 1.54) is 6.20 Å². The van der Waals surface area contributed by atoms with Gasteiger partial charge in [-0.15, -0.1) is 0 Å². The molecule has 0 aromatic carbocycles. The molecule has 7 nitrogen and oxygen atoms in total. The number of amides is 2. The van der Waals surface area contributed by atoms with Gasteiger partial charge in [0.05, 0.1) is 6.04 Å². The van der Waals surface area contributed by atoms with Crippen LogP contribution >= 0.6 is 0 Å². The SMILES string of the molecule is Cc1c[nH]cc(C(=O)NC2CCN(C3CCN(C)C3=O)CC2)c1=O. The standard InChI is InChI=1S/C17H24N4O3/c1-11-9-18-10-13(15(11)22)16(23)19-12-3-7-21(8-4-12)14-5-6-20(2)17(14)24/h9-10,12,14H,3-8H2,1-2H3,(H,18,22)(H,19,23). The fourth-order valence-electron chi connectivity index (χ4n) is 3.52. The van der Waals surface area contributed by atoms with Crippen LogP contribution in [0.3, 0.4) is 0 Å². The molecular weight excluding hydrogens is 308 g/mol. The molecule has 2 fully saturated rings. The number of likely N-dealkylation sites (tertiary alicyclic amines) is 2. The molecule has 0 saturated carbocycles. The maximum Gasteiger partial charge on any atom is 0.256 e. The molecule has 3 rings (SSSR count). The van der Waals surface area contributed by atoms with Gasteiger partial charge in [-0.2, -0.15) is 0 Å². The Labute approximate surface area is 141 Å². The average Bonchev–Trinajstić information content (AvgIpc) is 2.90. The van der Waals surface area contributed by atoms with Crippen LogP contribution in [-0.2, 0) is 4.79 Å². The largest absolute Gasteiger partial charge is 0.366 e. The molecule has 3 heterocycles. The monoisotopic (exact) mass is 332 g/mol. The molecule has 2 aliphatic rings. The van der Waals surface area contributed by atoms with Gasteiger partial charge in [0.2, 0.25) is 5.91 Å². The smallest absolute Gasteiger partial charge is 0.256 e. The summed E-state index contributed by atoms with van der Waals surface area (Å²) in [6.45, 7) is 4.08. The van der Waals surface area contributed by atoms with E-state index in [1.54, 1.807) is 18.0 Å². The number of aromatic nitrogens is 1. The second-order valence-corrected chi connectivity index (χ2v) is 6.73. The third-order valence-electron chi connectivity index (χ3n) is 5.08. The number of hydrogen-bond acceptors (Lipinski definition) is 4. The molecule has 0 bridgehead atoms. The van der Waals surface area contributed by atoms with Gasteiger partial charge in [0.15, 0.2) is 5.43 Å². The van der Waals surface area contributed by atoms with Gasteiger partial charge in [-0.05, 0) is 26.2 Å². The zero-order chi connectivity index (χ0) is 17.3. The molecule has 130 valence electrons. The second-order valence-electron chi connectivity index (χ2n) is 6.73. The van der Waals surface area contributed by atoms with Crippen molar-refractivity contribution in [1.82, 2.24) is 20.1 Å². The van der Waals surface area contributed by atoms with Crippen molar-refractivity contribution < 1.29 is 9.59 Å². The van der Waals surface area contributed by atoms with E-state index in [9.17, 15) is 14.4 Å². The zero-order valence-corrected chi connectivity index (χ0v) is 14.2. The Morgan fingerprint density at radius 1 is 1.17 bits per heavy atom. The molecule has 0 spiro atoms. The number of rotatable bonds is 3. The Kier molecular flexibility index (Phi) is 4.71. The number of aromatic amines is 1. The minimum atomic E-state index is -0.324. The molecule has 1 unspecified atom stereocenters. The summed E-state index contributed by atoms with van der Waals surface area (Å²) in [4.78, 5) is 43.2. The van der Waals surface area contributed by atoms with Crippen molar-refractivity contribution in [3.8, 4) is 0 Å². The first-order chi connectivity index (χ1) is 11.5. The van der Waals surface area contributed by atoms with Gasteiger partial charge in [0, 0.05) is 50.7 Å². The lowest BCUT2D eigenvalue weighted by atomic mass is 10.0. The summed E-state index contributed by atoms with van der Waals surface area (Å²) in [5.41, 5.74) is 0.453. The van der Waals surface area contributed by atoms with Crippen LogP contribution in [0.25, 0.3) is 0 Å². The number of nitrogens with zero attached hydrogens (tertiary/aromatic N) is 2. The predicted molar refractivity (Wildman–Crippen MR) is 89.9 cm³/mol. The van der Waals surface area contributed by atoms with Crippen LogP contribution in [0.2, 0.25) is 0 Å². The van der Waals surface area contributed by atoms with Crippen LogP contribution in [0, 0.1) is 6.92 Å². The highest BCUT2D eigenvalue weighted by atomic mass is 16.2. The number of pyridine rings is 1. The summed E-state index contributed by atoms with van der Waals surface area (Å²) >= 11 is 0. The number of carbonyl (C=O) groups excluding carboxylic acids is 2. The van der Waals surface area contributed by atoms with Crippen LogP contribution in [0.1, 0.15) is 35.2 Å². The van der Waals surface area contributed by atoms with E-state index >= 15 is 0 Å². The topological polar surface area (TPSA) is 85.5 Å². The van der Waals surface area contributed by atoms with Crippen molar-refractivity contribution in [2.45, 2.75) is 38.3 Å². The molecule has 0 radical (unpaired) electrons. The van der Waals surface area contributed by atoms with E-state index in [0.717, 1.165) is 38.9 Å². The number of aryl methyl sites for hydroxylation is 1. The molecular formula is C17H24N4O3. The van der Waals surface area contributed by atoms with Crippen molar-refractivity contribution in [3.63, 3.8) is 0 Å². The van der Waals surface area contributed by atoms with Gasteiger partial charge in [-0.1, -0.05) is 0 Å². The van der Waals surface area contributed by atoms with Crippen LogP contribution in [0.4, 0.5) is 0 Å². The maximum atomic E-state index is 12.3. The number of likely N-dealkylation sites (N-methyl/N-ethyl adjacent to an activating group) is 1. The Bertz CT molecular complexity index is 691. The minimum Gasteiger partial charge on any atom is -0.366 e. The first-order valence-corrected chi connectivity index (χ1v) is 8.45. The second kappa shape index (κ2) is 6.76. The van der Waals surface area contributed by atoms with Gasteiger partial charge >= 0.3 is 0 Å². The fraction of sp³-hybridized carbons (Fsp3) is 0.588. The molecule has 24 heavy (non-hydrogen) atoms. The van der Waals surface area contributed by atoms with Crippen LogP contribution in [0.15, 0.2) is 17.2 Å². The van der Waals surface area contributed by atoms with Gasteiger partial charge in [-0.25, -0.2) is 0 Å². The van der Waals surface area contributed by atoms with Gasteiger partial charge in [0.25, 0.3) is 5.91 Å². The summed E-state index contributed by atoms with van der Waals surface area (Å²) in [5.74, 6) is -0.126. The summed E-state index contributed by atoms with van der Waals surface area (Å²) in [6.07, 6.45) is 5.51. The minimum absolute atomic E-state index is 0.00808. The van der Waals surface area contributed by atoms with E-state index in [4.69, 9.17) is 0 Å². The third kappa shape index (κ3) is 3.21. The average molecular weight is 332 g/mol. The number of piperidine rings is 1. The lowest BCUT2D eigenvalue weighted by molar-refractivity contribution is -0.131. The highest BCUT2D eigenvalue weighted by Gasteiger charge is 2.35. The quantitative estimate of drug-likeness (QED) is 0.823. The van der Waals surface area contributed by atoms with Crippen molar-refractivity contribution >= 4 is 11.8 Å². The molecule has 2 aliphatic heterocycles. The maximum absolute atomic E-state index is 12.3. The van der Waals surface area contributed by atoms with Crippen molar-refractivity contribution in [2.75, 3.05) is 26.7 Å². The summed E-state index contributed by atoms with van der Waals surface area (Å²) in [7, 11) is 1.84. The van der Waals surface area contributed by atoms with Crippen molar-refractivity contribution in [1.29, 1.82) is 0 Å². The molecule has 1 atom stereocenters. The number of H-pyrrole nitrogens is 1. The van der Waals surface area contributed by atoms with E-state index in [-0.39, 0.29) is 34.9 Å². The lowest BCUT2D eigenvalue weighted by Crippen LogP contribution is -2.50. The first-order valence-electron chi connectivity index (χ1n) is 8.45. The fourth-order valence-corrected chi connectivity index (χ4v) is 3.52. The Morgan fingerprint density at radius 2 is 1.88 bits per heavy atom. The summed E-state index contributed by atoms with van der Waals surface area (Å²) in [6, 6.07) is 0.0363. The molecule has 1 aromatic heterocycles. The zero-order valence-electron chi connectivity index (χ0n) is 14.2. The summed E-state index contributed by atoms with van der Waals surface area (Å²) in [5, 5.41) is 2.95. The highest BCUT2D eigenvalue weighted by molar-refractivity contribution is 5.94. The Balaban J connectivity index is 1.56. The van der Waals surface area contributed by atoms with Gasteiger partial charge < -0.3 is 15.2 Å². The molecule has 2 saturated heterocycles. The Hall–Kier alpha value is -2.15. The van der Waals surface area contributed by atoms with Crippen LogP contribution in [-0.4, -0.2) is 65.4 Å². The van der Waals surface area contributed by atoms with Crippen LogP contribution in [0.5, 0.6) is 0 Å². The number of hydrogen-bond donors (Lipinski definition) is 2. The van der Waals surface area contributed by atoms with Crippen molar-refractivity contribution in [2.24, 2.45) is 0 Å². The first kappa shape index (κ1) is 16.7. The number of carbonyl (C=O) groups is 2. The molecule has 7 heteroatoms. The van der Waals surface area contributed by atoms with E-state index < -0.39 is 0 Å². The lowest BCUT2D eigenvalue weighted by Gasteiger charge is -2.35. The predicted octanol–water partition coefficient (Wildman–Crippen LogP) is 0.108. The van der Waals surface area contributed by atoms with Crippen molar-refractivity contribution in [3.05, 3.63) is 33.7 Å². The van der Waals surface area contributed by atoms with Crippen LogP contribution < -0.4 is 10.7 Å². The third-order valence-corrected chi connectivity index (χ3v) is 5.08. The number of nitrogens with one attached hydrogen (secondary N) is 2. The molecule has 0 aliphatic carbocycles. The summed E-state index contributed by atoms with van der Waals surface area (Å²) < 4.78 is 0. The normalized spacial score (nSPS) is 22.8. The Morgan fingerprint density at radius 3 is 2.50 bits per heavy atom. The van der Waals surface area contributed by atoms with Gasteiger partial charge in [-0.3, -0.25) is 19.3 Å².